The summed E-state index contributed by atoms with van der Waals surface area (Å²) in [6.07, 6.45) is 1.54. The lowest BCUT2D eigenvalue weighted by Crippen LogP contribution is -2.27. The number of fused-ring (bicyclic) bond motifs is 1. The Labute approximate surface area is 252 Å². The Hall–Kier alpha value is -3.95. The lowest BCUT2D eigenvalue weighted by Gasteiger charge is -2.14. The molecule has 0 radical (unpaired) electrons. The van der Waals surface area contributed by atoms with Gasteiger partial charge in [-0.05, 0) is 86.6 Å². The van der Waals surface area contributed by atoms with E-state index in [2.05, 4.69) is 0 Å². The number of methoxy groups -OCH3 is 1. The molecule has 0 unspecified atom stereocenters. The Morgan fingerprint density at radius 3 is 2.44 bits per heavy atom. The van der Waals surface area contributed by atoms with Gasteiger partial charge < -0.3 is 8.92 Å². The minimum atomic E-state index is -4.35. The first-order valence-electron chi connectivity index (χ1n) is 11.9. The highest BCUT2D eigenvalue weighted by atomic mass is 127. The zero-order valence-electron chi connectivity index (χ0n) is 21.1. The predicted molar refractivity (Wildman–Crippen MR) is 162 cm³/mol. The van der Waals surface area contributed by atoms with Crippen LogP contribution in [-0.4, -0.2) is 36.5 Å². The third kappa shape index (κ3) is 5.92. The quantitative estimate of drug-likeness (QED) is 0.0676. The molecule has 5 rings (SSSR count). The lowest BCUT2D eigenvalue weighted by molar-refractivity contribution is -0.384. The summed E-state index contributed by atoms with van der Waals surface area (Å²) in [6.45, 7) is 0.123. The van der Waals surface area contributed by atoms with E-state index in [1.807, 2.05) is 65.1 Å². The summed E-state index contributed by atoms with van der Waals surface area (Å²) in [7, 11) is -3.02. The number of rotatable bonds is 8. The van der Waals surface area contributed by atoms with E-state index in [9.17, 15) is 28.1 Å². The second-order valence-corrected chi connectivity index (χ2v) is 12.4. The van der Waals surface area contributed by atoms with E-state index in [1.54, 1.807) is 6.07 Å². The average Bonchev–Trinajstić information content (AvgIpc) is 3.21. The highest BCUT2D eigenvalue weighted by Gasteiger charge is 2.35. The van der Waals surface area contributed by atoms with Crippen molar-refractivity contribution >= 4 is 78.2 Å². The number of thioether (sulfide) groups is 1. The number of hydrogen-bond acceptors (Lipinski definition) is 9. The number of hydrogen-bond donors (Lipinski definition) is 0. The molecule has 0 aliphatic carbocycles. The van der Waals surface area contributed by atoms with E-state index in [4.69, 9.17) is 8.92 Å². The number of benzene rings is 4. The molecule has 1 fully saturated rings. The number of nitro groups is 1. The van der Waals surface area contributed by atoms with Crippen molar-refractivity contribution in [3.63, 3.8) is 0 Å². The van der Waals surface area contributed by atoms with Gasteiger partial charge in [0.15, 0.2) is 11.5 Å². The van der Waals surface area contributed by atoms with Gasteiger partial charge in [-0.1, -0.05) is 42.5 Å². The molecule has 4 aromatic rings. The molecule has 1 saturated heterocycles. The summed E-state index contributed by atoms with van der Waals surface area (Å²) in [6, 6.07) is 20.8. The van der Waals surface area contributed by atoms with E-state index in [0.717, 1.165) is 52.4 Å². The normalized spacial score (nSPS) is 14.6. The van der Waals surface area contributed by atoms with Gasteiger partial charge in [0.2, 0.25) is 0 Å². The van der Waals surface area contributed by atoms with Crippen LogP contribution in [-0.2, 0) is 21.5 Å². The molecule has 41 heavy (non-hydrogen) atoms. The number of imide groups is 1. The topological polar surface area (TPSA) is 133 Å². The summed E-state index contributed by atoms with van der Waals surface area (Å²) in [5, 5.41) is 12.4. The predicted octanol–water partition coefficient (Wildman–Crippen LogP) is 6.37. The summed E-state index contributed by atoms with van der Waals surface area (Å²) < 4.78 is 36.8. The van der Waals surface area contributed by atoms with Gasteiger partial charge in [0.25, 0.3) is 16.8 Å². The Kier molecular flexibility index (Phi) is 8.02. The number of amides is 2. The van der Waals surface area contributed by atoms with Crippen molar-refractivity contribution in [2.75, 3.05) is 7.11 Å². The fraction of sp³-hybridized carbons (Fsp3) is 0.0714. The van der Waals surface area contributed by atoms with Crippen molar-refractivity contribution in [1.29, 1.82) is 0 Å². The van der Waals surface area contributed by atoms with Crippen LogP contribution in [0.25, 0.3) is 16.8 Å². The largest absolute Gasteiger partial charge is 0.493 e. The van der Waals surface area contributed by atoms with Gasteiger partial charge in [0, 0.05) is 12.1 Å². The van der Waals surface area contributed by atoms with Gasteiger partial charge in [-0.15, -0.1) is 0 Å². The first kappa shape index (κ1) is 28.6. The third-order valence-electron chi connectivity index (χ3n) is 6.16. The Morgan fingerprint density at radius 2 is 1.73 bits per heavy atom. The maximum atomic E-state index is 13.2. The van der Waals surface area contributed by atoms with Gasteiger partial charge in [0.1, 0.15) is 4.90 Å². The zero-order valence-corrected chi connectivity index (χ0v) is 24.9. The van der Waals surface area contributed by atoms with Crippen LogP contribution in [0.1, 0.15) is 11.1 Å². The van der Waals surface area contributed by atoms with Gasteiger partial charge >= 0.3 is 10.1 Å². The Morgan fingerprint density at radius 1 is 1.02 bits per heavy atom. The standard InChI is InChI=1S/C28H19IN2O8S2/c1-38-24-14-17(13-23(29)26(24)39-41(36,37)21-11-9-20(10-12-21)31(34)35)15-25-27(32)30(28(33)40-25)16-19-7-4-6-18-5-2-3-8-22(18)19/h2-15H,16H2,1H3/b25-15-. The minimum absolute atomic E-state index is 0.0728. The zero-order chi connectivity index (χ0) is 29.3. The molecule has 1 heterocycles. The summed E-state index contributed by atoms with van der Waals surface area (Å²) in [5.41, 5.74) is 1.07. The van der Waals surface area contributed by atoms with E-state index < -0.39 is 26.2 Å². The number of nitrogens with zero attached hydrogens (tertiary/aromatic N) is 2. The molecule has 4 aromatic carbocycles. The van der Waals surface area contributed by atoms with Crippen LogP contribution in [0.5, 0.6) is 11.5 Å². The van der Waals surface area contributed by atoms with Crippen molar-refractivity contribution < 1.29 is 31.9 Å². The average molecular weight is 703 g/mol. The van der Waals surface area contributed by atoms with Crippen molar-refractivity contribution in [2.24, 2.45) is 0 Å². The smallest absolute Gasteiger partial charge is 0.339 e. The van der Waals surface area contributed by atoms with Crippen molar-refractivity contribution in [3.8, 4) is 11.5 Å². The van der Waals surface area contributed by atoms with Crippen LogP contribution in [0.3, 0.4) is 0 Å². The number of carbonyl (C=O) groups excluding carboxylic acids is 2. The monoisotopic (exact) mass is 702 g/mol. The van der Waals surface area contributed by atoms with Crippen LogP contribution < -0.4 is 8.92 Å². The molecule has 0 atom stereocenters. The number of ether oxygens (including phenoxy) is 1. The van der Waals surface area contributed by atoms with Crippen molar-refractivity contribution in [1.82, 2.24) is 4.90 Å². The molecular weight excluding hydrogens is 683 g/mol. The highest BCUT2D eigenvalue weighted by Crippen LogP contribution is 2.39. The number of non-ortho nitro benzene ring substituents is 1. The molecule has 1 aliphatic heterocycles. The van der Waals surface area contributed by atoms with Crippen LogP contribution in [0, 0.1) is 13.7 Å². The summed E-state index contributed by atoms with van der Waals surface area (Å²) in [5.74, 6) is -0.459. The molecule has 0 N–H and O–H groups in total. The third-order valence-corrected chi connectivity index (χ3v) is 9.11. The number of halogens is 1. The Bertz CT molecular complexity index is 1850. The highest BCUT2D eigenvalue weighted by molar-refractivity contribution is 14.1. The molecule has 208 valence electrons. The summed E-state index contributed by atoms with van der Waals surface area (Å²) in [4.78, 5) is 37.4. The molecule has 0 saturated carbocycles. The molecule has 0 aromatic heterocycles. The van der Waals surface area contributed by atoms with E-state index in [1.165, 1.54) is 24.2 Å². The van der Waals surface area contributed by atoms with Crippen molar-refractivity contribution in [2.45, 2.75) is 11.4 Å². The lowest BCUT2D eigenvalue weighted by atomic mass is 10.0. The second-order valence-electron chi connectivity index (χ2n) is 8.73. The van der Waals surface area contributed by atoms with E-state index >= 15 is 0 Å². The fourth-order valence-electron chi connectivity index (χ4n) is 4.18. The SMILES string of the molecule is COc1cc(/C=C2\SC(=O)N(Cc3cccc4ccccc34)C2=O)cc(I)c1OS(=O)(=O)c1ccc([N+](=O)[O-])cc1. The van der Waals surface area contributed by atoms with Crippen LogP contribution in [0.15, 0.2) is 88.7 Å². The summed E-state index contributed by atoms with van der Waals surface area (Å²) >= 11 is 2.69. The number of nitro benzene ring substituents is 1. The van der Waals surface area contributed by atoms with Crippen molar-refractivity contribution in [3.05, 3.63) is 109 Å². The second kappa shape index (κ2) is 11.5. The van der Waals surface area contributed by atoms with Gasteiger partial charge in [-0.25, -0.2) is 0 Å². The van der Waals surface area contributed by atoms with Crippen LogP contribution in [0.2, 0.25) is 0 Å². The maximum Gasteiger partial charge on any atom is 0.339 e. The van der Waals surface area contributed by atoms with Gasteiger partial charge in [-0.3, -0.25) is 24.6 Å². The molecule has 0 spiro atoms. The van der Waals surface area contributed by atoms with Gasteiger partial charge in [-0.2, -0.15) is 8.42 Å². The van der Waals surface area contributed by atoms with E-state index in [-0.39, 0.29) is 33.5 Å². The first-order chi connectivity index (χ1) is 19.6. The van der Waals surface area contributed by atoms with Crippen LogP contribution in [0.4, 0.5) is 10.5 Å². The van der Waals surface area contributed by atoms with E-state index in [0.29, 0.717) is 9.13 Å². The Balaban J connectivity index is 1.40. The van der Waals surface area contributed by atoms with Crippen LogP contribution >= 0.6 is 34.4 Å². The first-order valence-corrected chi connectivity index (χ1v) is 15.2. The fourth-order valence-corrected chi connectivity index (χ4v) is 6.86. The maximum absolute atomic E-state index is 13.2. The molecular formula is C28H19IN2O8S2. The number of carbonyl (C=O) groups is 2. The minimum Gasteiger partial charge on any atom is -0.493 e. The molecule has 10 nitrogen and oxygen atoms in total. The molecule has 0 bridgehead atoms. The molecule has 13 heteroatoms. The molecule has 1 aliphatic rings. The van der Waals surface area contributed by atoms with Gasteiger partial charge in [0.05, 0.1) is 27.1 Å². The molecule has 2 amide bonds.